The lowest BCUT2D eigenvalue weighted by molar-refractivity contribution is 0.167. The van der Waals surface area contributed by atoms with E-state index in [4.69, 9.17) is 0 Å². The molecular weight excluding hydrogens is 242 g/mol. The van der Waals surface area contributed by atoms with Crippen molar-refractivity contribution in [3.8, 4) is 0 Å². The van der Waals surface area contributed by atoms with Gasteiger partial charge in [0.1, 0.15) is 0 Å². The zero-order valence-electron chi connectivity index (χ0n) is 11.1. The molecule has 2 aromatic rings. The average Bonchev–Trinajstić information content (AvgIpc) is 2.66. The fourth-order valence-electron chi connectivity index (χ4n) is 2.02. The van der Waals surface area contributed by atoms with Gasteiger partial charge in [-0.15, -0.1) is 11.3 Å². The van der Waals surface area contributed by atoms with Gasteiger partial charge in [-0.2, -0.15) is 0 Å². The van der Waals surface area contributed by atoms with Crippen LogP contribution in [-0.2, 0) is 6.42 Å². The van der Waals surface area contributed by atoms with Crippen molar-refractivity contribution >= 4 is 11.3 Å². The molecule has 2 nitrogen and oxygen atoms in total. The lowest BCUT2D eigenvalue weighted by Gasteiger charge is -2.12. The Morgan fingerprint density at radius 2 is 1.94 bits per heavy atom. The third kappa shape index (κ3) is 2.98. The quantitative estimate of drug-likeness (QED) is 0.909. The van der Waals surface area contributed by atoms with Crippen LogP contribution in [0.4, 0.5) is 0 Å². The van der Waals surface area contributed by atoms with Crippen LogP contribution in [0, 0.1) is 20.8 Å². The van der Waals surface area contributed by atoms with Crippen molar-refractivity contribution in [1.29, 1.82) is 0 Å². The van der Waals surface area contributed by atoms with Gasteiger partial charge in [0.2, 0.25) is 0 Å². The number of aryl methyl sites for hydroxylation is 4. The van der Waals surface area contributed by atoms with Crippen LogP contribution in [0.5, 0.6) is 0 Å². The van der Waals surface area contributed by atoms with Gasteiger partial charge in [0.15, 0.2) is 0 Å². The number of hydrogen-bond donors (Lipinski definition) is 1. The monoisotopic (exact) mass is 261 g/mol. The molecule has 1 unspecified atom stereocenters. The topological polar surface area (TPSA) is 33.1 Å². The standard InChI is InChI=1S/C15H19NOS/c1-10-6-4-5-7-13(10)14(17)8-9-15-16-11(2)12(3)18-15/h4-7,14,17H,8-9H2,1-3H3. The van der Waals surface area contributed by atoms with Crippen molar-refractivity contribution in [2.75, 3.05) is 0 Å². The summed E-state index contributed by atoms with van der Waals surface area (Å²) in [5.41, 5.74) is 3.29. The van der Waals surface area contributed by atoms with E-state index in [1.54, 1.807) is 11.3 Å². The second-order valence-corrected chi connectivity index (χ2v) is 5.95. The maximum absolute atomic E-state index is 10.2. The summed E-state index contributed by atoms with van der Waals surface area (Å²) < 4.78 is 0. The highest BCUT2D eigenvalue weighted by Gasteiger charge is 2.11. The molecule has 3 heteroatoms. The third-order valence-electron chi connectivity index (χ3n) is 3.25. The number of nitrogens with zero attached hydrogens (tertiary/aromatic N) is 1. The third-order valence-corrected chi connectivity index (χ3v) is 4.38. The van der Waals surface area contributed by atoms with E-state index < -0.39 is 6.10 Å². The van der Waals surface area contributed by atoms with Gasteiger partial charge in [-0.1, -0.05) is 24.3 Å². The van der Waals surface area contributed by atoms with E-state index in [9.17, 15) is 5.11 Å². The Balaban J connectivity index is 2.00. The predicted octanol–water partition coefficient (Wildman–Crippen LogP) is 3.73. The summed E-state index contributed by atoms with van der Waals surface area (Å²) in [6.45, 7) is 6.16. The fraction of sp³-hybridized carbons (Fsp3) is 0.400. The number of aliphatic hydroxyl groups excluding tert-OH is 1. The number of benzene rings is 1. The number of thiazole rings is 1. The summed E-state index contributed by atoms with van der Waals surface area (Å²) in [4.78, 5) is 5.78. The molecule has 1 heterocycles. The van der Waals surface area contributed by atoms with Crippen LogP contribution < -0.4 is 0 Å². The second-order valence-electron chi connectivity index (χ2n) is 4.66. The Bertz CT molecular complexity index is 514. The van der Waals surface area contributed by atoms with Gasteiger partial charge in [0.05, 0.1) is 16.8 Å². The molecule has 1 aromatic heterocycles. The van der Waals surface area contributed by atoms with Gasteiger partial charge < -0.3 is 5.11 Å². The summed E-state index contributed by atoms with van der Waals surface area (Å²) in [5, 5.41) is 11.3. The molecule has 0 aliphatic heterocycles. The first-order valence-corrected chi connectivity index (χ1v) is 7.06. The van der Waals surface area contributed by atoms with Crippen LogP contribution in [0.15, 0.2) is 24.3 Å². The lowest BCUT2D eigenvalue weighted by atomic mass is 10.0. The molecule has 1 atom stereocenters. The smallest absolute Gasteiger partial charge is 0.0931 e. The molecule has 0 aliphatic carbocycles. The molecule has 2 rings (SSSR count). The van der Waals surface area contributed by atoms with Crippen molar-refractivity contribution in [3.05, 3.63) is 51.0 Å². The number of aliphatic hydroxyl groups is 1. The van der Waals surface area contributed by atoms with E-state index in [0.29, 0.717) is 0 Å². The van der Waals surface area contributed by atoms with Crippen molar-refractivity contribution in [2.24, 2.45) is 0 Å². The summed E-state index contributed by atoms with van der Waals surface area (Å²) >= 11 is 1.73. The zero-order valence-corrected chi connectivity index (χ0v) is 11.9. The van der Waals surface area contributed by atoms with Crippen molar-refractivity contribution < 1.29 is 5.11 Å². The highest BCUT2D eigenvalue weighted by atomic mass is 32.1. The van der Waals surface area contributed by atoms with Crippen molar-refractivity contribution in [2.45, 2.75) is 39.7 Å². The summed E-state index contributed by atoms with van der Waals surface area (Å²) in [6.07, 6.45) is 1.18. The van der Waals surface area contributed by atoms with Crippen LogP contribution in [0.3, 0.4) is 0 Å². The van der Waals surface area contributed by atoms with E-state index in [0.717, 1.165) is 34.7 Å². The van der Waals surface area contributed by atoms with Crippen LogP contribution in [0.2, 0.25) is 0 Å². The maximum atomic E-state index is 10.2. The molecule has 96 valence electrons. The summed E-state index contributed by atoms with van der Waals surface area (Å²) in [7, 11) is 0. The SMILES string of the molecule is Cc1ccccc1C(O)CCc1nc(C)c(C)s1. The minimum absolute atomic E-state index is 0.393. The summed E-state index contributed by atoms with van der Waals surface area (Å²) in [6, 6.07) is 8.01. The lowest BCUT2D eigenvalue weighted by Crippen LogP contribution is -2.01. The largest absolute Gasteiger partial charge is 0.388 e. The molecule has 0 saturated heterocycles. The molecule has 0 fully saturated rings. The van der Waals surface area contributed by atoms with Gasteiger partial charge in [0.25, 0.3) is 0 Å². The van der Waals surface area contributed by atoms with E-state index >= 15 is 0 Å². The second kappa shape index (κ2) is 5.63. The Morgan fingerprint density at radius 3 is 2.56 bits per heavy atom. The first-order valence-electron chi connectivity index (χ1n) is 6.24. The number of rotatable bonds is 4. The molecule has 0 radical (unpaired) electrons. The van der Waals surface area contributed by atoms with Gasteiger partial charge in [-0.25, -0.2) is 4.98 Å². The predicted molar refractivity (Wildman–Crippen MR) is 76.0 cm³/mol. The van der Waals surface area contributed by atoms with Gasteiger partial charge in [-0.3, -0.25) is 0 Å². The fourth-order valence-corrected chi connectivity index (χ4v) is 2.97. The Labute approximate surface area is 112 Å². The normalized spacial score (nSPS) is 12.7. The molecule has 18 heavy (non-hydrogen) atoms. The molecular formula is C15H19NOS. The van der Waals surface area contributed by atoms with Crippen molar-refractivity contribution in [1.82, 2.24) is 4.98 Å². The number of aromatic nitrogens is 1. The zero-order chi connectivity index (χ0) is 13.1. The molecule has 0 bridgehead atoms. The first kappa shape index (κ1) is 13.2. The van der Waals surface area contributed by atoms with E-state index in [-0.39, 0.29) is 0 Å². The Hall–Kier alpha value is -1.19. The van der Waals surface area contributed by atoms with Gasteiger partial charge in [-0.05, 0) is 38.3 Å². The van der Waals surface area contributed by atoms with E-state index in [1.165, 1.54) is 4.88 Å². The van der Waals surface area contributed by atoms with Crippen LogP contribution in [0.1, 0.15) is 39.2 Å². The van der Waals surface area contributed by atoms with Crippen LogP contribution >= 0.6 is 11.3 Å². The van der Waals surface area contributed by atoms with Crippen molar-refractivity contribution in [3.63, 3.8) is 0 Å². The first-order chi connectivity index (χ1) is 8.58. The van der Waals surface area contributed by atoms with Crippen LogP contribution in [0.25, 0.3) is 0 Å². The molecule has 0 aliphatic rings. The average molecular weight is 261 g/mol. The minimum atomic E-state index is -0.393. The van der Waals surface area contributed by atoms with Gasteiger partial charge >= 0.3 is 0 Å². The molecule has 0 spiro atoms. The minimum Gasteiger partial charge on any atom is -0.388 e. The molecule has 0 amide bonds. The van der Waals surface area contributed by atoms with E-state index in [2.05, 4.69) is 11.9 Å². The summed E-state index contributed by atoms with van der Waals surface area (Å²) in [5.74, 6) is 0. The number of hydrogen-bond acceptors (Lipinski definition) is 3. The van der Waals surface area contributed by atoms with Gasteiger partial charge in [0, 0.05) is 11.3 Å². The Morgan fingerprint density at radius 1 is 1.22 bits per heavy atom. The highest BCUT2D eigenvalue weighted by Crippen LogP contribution is 2.24. The molecule has 1 N–H and O–H groups in total. The van der Waals surface area contributed by atoms with E-state index in [1.807, 2.05) is 38.1 Å². The van der Waals surface area contributed by atoms with Crippen LogP contribution in [-0.4, -0.2) is 10.1 Å². The maximum Gasteiger partial charge on any atom is 0.0931 e. The Kier molecular flexibility index (Phi) is 4.15. The highest BCUT2D eigenvalue weighted by molar-refractivity contribution is 7.11. The molecule has 1 aromatic carbocycles. The molecule has 0 saturated carbocycles.